The predicted octanol–water partition coefficient (Wildman–Crippen LogP) is 3.25. The fourth-order valence-electron chi connectivity index (χ4n) is 2.66. The molecule has 2 aromatic heterocycles. The van der Waals surface area contributed by atoms with Crippen molar-refractivity contribution in [3.8, 4) is 11.3 Å². The molecule has 0 unspecified atom stereocenters. The largest absolute Gasteiger partial charge is 0.369 e. The van der Waals surface area contributed by atoms with Crippen molar-refractivity contribution in [1.82, 2.24) is 19.7 Å². The van der Waals surface area contributed by atoms with Crippen LogP contribution in [0.5, 0.6) is 0 Å². The molecule has 0 radical (unpaired) electrons. The van der Waals surface area contributed by atoms with E-state index in [1.807, 2.05) is 18.2 Å². The Morgan fingerprint density at radius 3 is 3.00 bits per heavy atom. The van der Waals surface area contributed by atoms with Crippen molar-refractivity contribution < 1.29 is 9.18 Å². The summed E-state index contributed by atoms with van der Waals surface area (Å²) in [7, 11) is 0. The molecule has 0 aliphatic carbocycles. The van der Waals surface area contributed by atoms with E-state index in [2.05, 4.69) is 20.6 Å². The van der Waals surface area contributed by atoms with Gasteiger partial charge < -0.3 is 10.6 Å². The van der Waals surface area contributed by atoms with Crippen molar-refractivity contribution in [1.29, 1.82) is 0 Å². The van der Waals surface area contributed by atoms with Gasteiger partial charge in [0.25, 0.3) is 0 Å². The molecule has 1 atom stereocenters. The molecule has 2 heterocycles. The summed E-state index contributed by atoms with van der Waals surface area (Å²) in [5, 5.41) is 6.21. The summed E-state index contributed by atoms with van der Waals surface area (Å²) in [5.41, 5.74) is 1.94. The zero-order valence-corrected chi connectivity index (χ0v) is 14.9. The summed E-state index contributed by atoms with van der Waals surface area (Å²) >= 11 is 0. The van der Waals surface area contributed by atoms with Crippen LogP contribution in [0.25, 0.3) is 16.9 Å². The van der Waals surface area contributed by atoms with Crippen LogP contribution in [0.3, 0.4) is 0 Å². The van der Waals surface area contributed by atoms with Crippen LogP contribution < -0.4 is 10.6 Å². The van der Waals surface area contributed by atoms with E-state index < -0.39 is 0 Å². The number of carbonyl (C=O) groups is 1. The molecule has 0 aliphatic rings. The summed E-state index contributed by atoms with van der Waals surface area (Å²) in [6.45, 7) is 4.45. The predicted molar refractivity (Wildman–Crippen MR) is 99.4 cm³/mol. The van der Waals surface area contributed by atoms with E-state index in [1.165, 1.54) is 12.1 Å². The number of benzene rings is 1. The standard InChI is InChI=1S/C19H22FN5O/c1-3-13(2)23-17(26)7-8-22-19-18(14-5-4-6-15(20)11-14)24-16-12-21-9-10-25(16)19/h4-6,9-13,22H,3,7-8H2,1-2H3,(H,23,26)/t13-/m1/s1. The van der Waals surface area contributed by atoms with Crippen LogP contribution in [-0.4, -0.2) is 32.9 Å². The van der Waals surface area contributed by atoms with Crippen LogP contribution in [0.1, 0.15) is 26.7 Å². The normalized spacial score (nSPS) is 12.1. The number of nitrogens with zero attached hydrogens (tertiary/aromatic N) is 3. The molecule has 136 valence electrons. The second kappa shape index (κ2) is 7.95. The molecular formula is C19H22FN5O. The highest BCUT2D eigenvalue weighted by Crippen LogP contribution is 2.28. The number of aromatic nitrogens is 3. The van der Waals surface area contributed by atoms with Crippen LogP contribution in [0.2, 0.25) is 0 Å². The van der Waals surface area contributed by atoms with E-state index in [0.717, 1.165) is 6.42 Å². The first-order chi connectivity index (χ1) is 12.6. The highest BCUT2D eigenvalue weighted by Gasteiger charge is 2.15. The van der Waals surface area contributed by atoms with Crippen LogP contribution in [0.4, 0.5) is 10.2 Å². The fraction of sp³-hybridized carbons (Fsp3) is 0.316. The van der Waals surface area contributed by atoms with Crippen LogP contribution in [0, 0.1) is 5.82 Å². The lowest BCUT2D eigenvalue weighted by Gasteiger charge is -2.12. The number of hydrogen-bond acceptors (Lipinski definition) is 4. The molecule has 0 spiro atoms. The van der Waals surface area contributed by atoms with Crippen LogP contribution in [0.15, 0.2) is 42.9 Å². The van der Waals surface area contributed by atoms with Gasteiger partial charge in [0.15, 0.2) is 5.65 Å². The van der Waals surface area contributed by atoms with Crippen LogP contribution >= 0.6 is 0 Å². The zero-order valence-electron chi connectivity index (χ0n) is 14.9. The van der Waals surface area contributed by atoms with Gasteiger partial charge in [-0.25, -0.2) is 9.37 Å². The van der Waals surface area contributed by atoms with Crippen molar-refractivity contribution in [3.05, 3.63) is 48.7 Å². The average Bonchev–Trinajstić information content (AvgIpc) is 3.00. The van der Waals surface area contributed by atoms with Crippen molar-refractivity contribution in [2.24, 2.45) is 0 Å². The number of halogens is 1. The topological polar surface area (TPSA) is 71.3 Å². The van der Waals surface area contributed by atoms with E-state index in [-0.39, 0.29) is 17.8 Å². The maximum Gasteiger partial charge on any atom is 0.221 e. The maximum absolute atomic E-state index is 13.6. The molecular weight excluding hydrogens is 333 g/mol. The molecule has 0 saturated carbocycles. The fourth-order valence-corrected chi connectivity index (χ4v) is 2.66. The second-order valence-corrected chi connectivity index (χ2v) is 6.18. The molecule has 2 N–H and O–H groups in total. The van der Waals surface area contributed by atoms with Crippen molar-refractivity contribution in [2.45, 2.75) is 32.7 Å². The molecule has 0 fully saturated rings. The molecule has 26 heavy (non-hydrogen) atoms. The van der Waals surface area contributed by atoms with E-state index in [0.29, 0.717) is 35.7 Å². The van der Waals surface area contributed by atoms with Gasteiger partial charge in [-0.2, -0.15) is 0 Å². The summed E-state index contributed by atoms with van der Waals surface area (Å²) in [5.74, 6) is 0.385. The highest BCUT2D eigenvalue weighted by atomic mass is 19.1. The first kappa shape index (κ1) is 17.8. The Morgan fingerprint density at radius 1 is 1.38 bits per heavy atom. The van der Waals surface area contributed by atoms with E-state index in [4.69, 9.17) is 0 Å². The molecule has 1 amide bonds. The smallest absolute Gasteiger partial charge is 0.221 e. The van der Waals surface area contributed by atoms with Crippen molar-refractivity contribution >= 4 is 17.4 Å². The maximum atomic E-state index is 13.6. The monoisotopic (exact) mass is 355 g/mol. The number of carbonyl (C=O) groups excluding carboxylic acids is 1. The van der Waals surface area contributed by atoms with Gasteiger partial charge in [0.1, 0.15) is 17.3 Å². The van der Waals surface area contributed by atoms with Gasteiger partial charge >= 0.3 is 0 Å². The molecule has 6 nitrogen and oxygen atoms in total. The summed E-state index contributed by atoms with van der Waals surface area (Å²) in [6.07, 6.45) is 6.32. The van der Waals surface area contributed by atoms with Gasteiger partial charge in [-0.15, -0.1) is 0 Å². The Hall–Kier alpha value is -2.96. The number of fused-ring (bicyclic) bond motifs is 1. The Balaban J connectivity index is 1.82. The summed E-state index contributed by atoms with van der Waals surface area (Å²) in [4.78, 5) is 20.6. The van der Waals surface area contributed by atoms with E-state index >= 15 is 0 Å². The third-order valence-corrected chi connectivity index (χ3v) is 4.19. The Bertz CT molecular complexity index is 908. The minimum atomic E-state index is -0.323. The summed E-state index contributed by atoms with van der Waals surface area (Å²) < 4.78 is 15.5. The Morgan fingerprint density at radius 2 is 2.23 bits per heavy atom. The first-order valence-electron chi connectivity index (χ1n) is 8.69. The quantitative estimate of drug-likeness (QED) is 0.682. The lowest BCUT2D eigenvalue weighted by molar-refractivity contribution is -0.121. The number of imidazole rings is 1. The van der Waals surface area contributed by atoms with Gasteiger partial charge in [0.2, 0.25) is 5.91 Å². The molecule has 0 bridgehead atoms. The third-order valence-electron chi connectivity index (χ3n) is 4.19. The number of amides is 1. The molecule has 0 saturated heterocycles. The number of anilines is 1. The SMILES string of the molecule is CC[C@@H](C)NC(=O)CCNc1c(-c2cccc(F)c2)nc2cnccn12. The molecule has 7 heteroatoms. The number of rotatable bonds is 7. The second-order valence-electron chi connectivity index (χ2n) is 6.18. The highest BCUT2D eigenvalue weighted by molar-refractivity contribution is 5.78. The van der Waals surface area contributed by atoms with E-state index in [9.17, 15) is 9.18 Å². The van der Waals surface area contributed by atoms with Gasteiger partial charge in [-0.05, 0) is 25.5 Å². The van der Waals surface area contributed by atoms with Gasteiger partial charge in [0, 0.05) is 37.0 Å². The Kier molecular flexibility index (Phi) is 5.46. The molecule has 1 aromatic carbocycles. The third kappa shape index (κ3) is 3.99. The Labute approximate surface area is 151 Å². The minimum Gasteiger partial charge on any atom is -0.369 e. The van der Waals surface area contributed by atoms with Crippen molar-refractivity contribution in [3.63, 3.8) is 0 Å². The number of hydrogen-bond donors (Lipinski definition) is 2. The van der Waals surface area contributed by atoms with Crippen LogP contribution in [-0.2, 0) is 4.79 Å². The lowest BCUT2D eigenvalue weighted by Crippen LogP contribution is -2.33. The molecule has 3 aromatic rings. The van der Waals surface area contributed by atoms with E-state index in [1.54, 1.807) is 30.7 Å². The number of nitrogens with one attached hydrogen (secondary N) is 2. The molecule has 3 rings (SSSR count). The van der Waals surface area contributed by atoms with Crippen molar-refractivity contribution in [2.75, 3.05) is 11.9 Å². The zero-order chi connectivity index (χ0) is 18.5. The van der Waals surface area contributed by atoms with Gasteiger partial charge in [-0.1, -0.05) is 19.1 Å². The first-order valence-corrected chi connectivity index (χ1v) is 8.69. The van der Waals surface area contributed by atoms with Gasteiger partial charge in [-0.3, -0.25) is 14.2 Å². The average molecular weight is 355 g/mol. The summed E-state index contributed by atoms with van der Waals surface area (Å²) in [6, 6.07) is 6.45. The lowest BCUT2D eigenvalue weighted by atomic mass is 10.1. The minimum absolute atomic E-state index is 0.00496. The molecule has 0 aliphatic heterocycles. The van der Waals surface area contributed by atoms with Gasteiger partial charge in [0.05, 0.1) is 6.20 Å².